The van der Waals surface area contributed by atoms with Gasteiger partial charge < -0.3 is 10.2 Å². The minimum Gasteiger partial charge on any atom is -0.346 e. The van der Waals surface area contributed by atoms with Crippen LogP contribution in [0.4, 0.5) is 4.39 Å². The second-order valence-corrected chi connectivity index (χ2v) is 9.62. The van der Waals surface area contributed by atoms with Gasteiger partial charge in [-0.1, -0.05) is 18.2 Å². The molecule has 2 N–H and O–H groups in total. The number of nitrogens with one attached hydrogen (secondary N) is 2. The lowest BCUT2D eigenvalue weighted by Crippen LogP contribution is -3.13. The smallest absolute Gasteiger partial charge is 0.275 e. The maximum absolute atomic E-state index is 14.0. The molecule has 0 saturated heterocycles. The van der Waals surface area contributed by atoms with Crippen molar-refractivity contribution in [3.05, 3.63) is 35.6 Å². The molecule has 5 aliphatic carbocycles. The molecule has 5 saturated carbocycles. The van der Waals surface area contributed by atoms with Gasteiger partial charge in [-0.05, 0) is 62.3 Å². The molecule has 1 aromatic carbocycles. The van der Waals surface area contributed by atoms with Crippen LogP contribution in [0.2, 0.25) is 0 Å². The number of amides is 1. The van der Waals surface area contributed by atoms with Crippen molar-refractivity contribution in [3.63, 3.8) is 0 Å². The Kier molecular flexibility index (Phi) is 4.07. The van der Waals surface area contributed by atoms with Crippen LogP contribution in [-0.2, 0) is 11.3 Å². The van der Waals surface area contributed by atoms with Gasteiger partial charge in [0.15, 0.2) is 6.54 Å². The van der Waals surface area contributed by atoms with Crippen molar-refractivity contribution in [1.29, 1.82) is 0 Å². The van der Waals surface area contributed by atoms with E-state index in [0.29, 0.717) is 19.1 Å². The van der Waals surface area contributed by atoms with E-state index in [4.69, 9.17) is 0 Å². The lowest BCUT2D eigenvalue weighted by atomic mass is 9.53. The summed E-state index contributed by atoms with van der Waals surface area (Å²) in [7, 11) is 0. The second-order valence-electron chi connectivity index (χ2n) is 9.62. The Morgan fingerprint density at radius 3 is 2.27 bits per heavy atom. The number of hydrogen-bond acceptors (Lipinski definition) is 1. The third-order valence-corrected chi connectivity index (χ3v) is 7.36. The zero-order valence-corrected chi connectivity index (χ0v) is 15.5. The molecule has 5 fully saturated rings. The summed E-state index contributed by atoms with van der Waals surface area (Å²) >= 11 is 0. The van der Waals surface area contributed by atoms with Crippen molar-refractivity contribution in [3.8, 4) is 0 Å². The standard InChI is InChI=1S/C22H29FN2O/c23-20-4-2-1-3-18(20)13-25(19-5-6-19)14-21(26)24-22-10-15-7-16(11-22)9-17(8-15)12-22/h1-4,15-17,19H,5-14H2,(H,24,26)/p+1. The van der Waals surface area contributed by atoms with Crippen LogP contribution in [0.3, 0.4) is 0 Å². The van der Waals surface area contributed by atoms with E-state index in [9.17, 15) is 9.18 Å². The molecule has 5 aliphatic rings. The summed E-state index contributed by atoms with van der Waals surface area (Å²) in [4.78, 5) is 14.2. The van der Waals surface area contributed by atoms with Crippen molar-refractivity contribution in [1.82, 2.24) is 5.32 Å². The number of quaternary nitrogens is 1. The molecule has 1 amide bonds. The maximum atomic E-state index is 14.0. The average Bonchev–Trinajstić information content (AvgIpc) is 3.39. The summed E-state index contributed by atoms with van der Waals surface area (Å²) in [5.41, 5.74) is 0.815. The van der Waals surface area contributed by atoms with Gasteiger partial charge in [-0.25, -0.2) is 4.39 Å². The first-order chi connectivity index (χ1) is 12.6. The highest BCUT2D eigenvalue weighted by atomic mass is 19.1. The summed E-state index contributed by atoms with van der Waals surface area (Å²) in [6.45, 7) is 1.10. The molecule has 1 atom stereocenters. The highest BCUT2D eigenvalue weighted by Gasteiger charge is 2.51. The Morgan fingerprint density at radius 1 is 1.08 bits per heavy atom. The molecule has 0 spiro atoms. The van der Waals surface area contributed by atoms with E-state index < -0.39 is 0 Å². The van der Waals surface area contributed by atoms with Crippen molar-refractivity contribution in [2.45, 2.75) is 69.5 Å². The lowest BCUT2D eigenvalue weighted by Gasteiger charge is -2.56. The fourth-order valence-corrected chi connectivity index (χ4v) is 6.54. The molecule has 0 radical (unpaired) electrons. The minimum atomic E-state index is -0.146. The third-order valence-electron chi connectivity index (χ3n) is 7.36. The van der Waals surface area contributed by atoms with Crippen LogP contribution >= 0.6 is 0 Å². The van der Waals surface area contributed by atoms with Gasteiger partial charge in [0, 0.05) is 23.9 Å². The molecule has 3 nitrogen and oxygen atoms in total. The Bertz CT molecular complexity index is 664. The monoisotopic (exact) mass is 357 g/mol. The molecule has 0 aliphatic heterocycles. The van der Waals surface area contributed by atoms with Gasteiger partial charge in [-0.3, -0.25) is 4.79 Å². The Morgan fingerprint density at radius 2 is 1.69 bits per heavy atom. The fourth-order valence-electron chi connectivity index (χ4n) is 6.54. The summed E-state index contributed by atoms with van der Waals surface area (Å²) in [6.07, 6.45) is 10.1. The average molecular weight is 357 g/mol. The fraction of sp³-hybridized carbons (Fsp3) is 0.682. The van der Waals surface area contributed by atoms with Crippen molar-refractivity contribution < 1.29 is 14.1 Å². The van der Waals surface area contributed by atoms with Gasteiger partial charge in [0.2, 0.25) is 0 Å². The number of benzene rings is 1. The number of carbonyl (C=O) groups is 1. The molecule has 4 heteroatoms. The number of halogens is 1. The van der Waals surface area contributed by atoms with Crippen LogP contribution in [0.5, 0.6) is 0 Å². The molecule has 4 bridgehead atoms. The van der Waals surface area contributed by atoms with E-state index in [1.807, 2.05) is 12.1 Å². The van der Waals surface area contributed by atoms with E-state index in [-0.39, 0.29) is 17.3 Å². The molecule has 6 rings (SSSR count). The first-order valence-corrected chi connectivity index (χ1v) is 10.5. The van der Waals surface area contributed by atoms with Gasteiger partial charge in [-0.15, -0.1) is 0 Å². The Labute approximate surface area is 155 Å². The summed E-state index contributed by atoms with van der Waals surface area (Å²) in [6, 6.07) is 7.52. The SMILES string of the molecule is O=C(C[NH+](Cc1ccccc1F)C1CC1)NC12CC3CC(CC(C3)C1)C2. The van der Waals surface area contributed by atoms with Gasteiger partial charge >= 0.3 is 0 Å². The minimum absolute atomic E-state index is 0.0818. The predicted octanol–water partition coefficient (Wildman–Crippen LogP) is 2.46. The van der Waals surface area contributed by atoms with E-state index in [2.05, 4.69) is 5.32 Å². The summed E-state index contributed by atoms with van der Waals surface area (Å²) in [5, 5.41) is 3.48. The van der Waals surface area contributed by atoms with Crippen LogP contribution in [0, 0.1) is 23.6 Å². The van der Waals surface area contributed by atoms with Gasteiger partial charge in [-0.2, -0.15) is 0 Å². The first kappa shape index (κ1) is 16.7. The van der Waals surface area contributed by atoms with Gasteiger partial charge in [0.05, 0.1) is 6.04 Å². The Balaban J connectivity index is 1.25. The molecular weight excluding hydrogens is 327 g/mol. The van der Waals surface area contributed by atoms with Gasteiger partial charge in [0.1, 0.15) is 12.4 Å². The third kappa shape index (κ3) is 3.28. The van der Waals surface area contributed by atoms with Crippen LogP contribution < -0.4 is 10.2 Å². The largest absolute Gasteiger partial charge is 0.346 e. The number of hydrogen-bond donors (Lipinski definition) is 2. The maximum Gasteiger partial charge on any atom is 0.275 e. The first-order valence-electron chi connectivity index (χ1n) is 10.5. The molecule has 140 valence electrons. The molecular formula is C22H30FN2O+. The lowest BCUT2D eigenvalue weighted by molar-refractivity contribution is -0.917. The highest BCUT2D eigenvalue weighted by molar-refractivity contribution is 5.77. The molecule has 26 heavy (non-hydrogen) atoms. The van der Waals surface area contributed by atoms with Crippen LogP contribution in [0.1, 0.15) is 56.9 Å². The van der Waals surface area contributed by atoms with Crippen LogP contribution in [0.25, 0.3) is 0 Å². The topological polar surface area (TPSA) is 33.5 Å². The van der Waals surface area contributed by atoms with E-state index in [0.717, 1.165) is 36.2 Å². The number of rotatable bonds is 6. The molecule has 0 heterocycles. The zero-order valence-electron chi connectivity index (χ0n) is 15.5. The van der Waals surface area contributed by atoms with E-state index in [1.54, 1.807) is 6.07 Å². The quantitative estimate of drug-likeness (QED) is 0.806. The highest BCUT2D eigenvalue weighted by Crippen LogP contribution is 2.55. The van der Waals surface area contributed by atoms with Crippen molar-refractivity contribution >= 4 is 5.91 Å². The van der Waals surface area contributed by atoms with Gasteiger partial charge in [0.25, 0.3) is 5.91 Å². The number of carbonyl (C=O) groups excluding carboxylic acids is 1. The normalized spacial score (nSPS) is 36.1. The molecule has 1 unspecified atom stereocenters. The van der Waals surface area contributed by atoms with E-state index >= 15 is 0 Å². The van der Waals surface area contributed by atoms with Crippen LogP contribution in [-0.4, -0.2) is 24.0 Å². The van der Waals surface area contributed by atoms with E-state index in [1.165, 1.54) is 49.5 Å². The van der Waals surface area contributed by atoms with Crippen molar-refractivity contribution in [2.24, 2.45) is 17.8 Å². The summed E-state index contributed by atoms with van der Waals surface area (Å²) in [5.74, 6) is 2.56. The second kappa shape index (κ2) is 6.33. The Hall–Kier alpha value is -1.42. The summed E-state index contributed by atoms with van der Waals surface area (Å²) < 4.78 is 14.0. The zero-order chi connectivity index (χ0) is 17.7. The molecule has 1 aromatic rings. The molecule has 0 aromatic heterocycles. The predicted molar refractivity (Wildman–Crippen MR) is 98.0 cm³/mol. The van der Waals surface area contributed by atoms with Crippen molar-refractivity contribution in [2.75, 3.05) is 6.54 Å². The van der Waals surface area contributed by atoms with Crippen LogP contribution in [0.15, 0.2) is 24.3 Å².